The highest BCUT2D eigenvalue weighted by Crippen LogP contribution is 2.19. The number of hydrogen-bond donors (Lipinski definition) is 2. The Balaban J connectivity index is 2.59. The highest BCUT2D eigenvalue weighted by molar-refractivity contribution is 8.13. The summed E-state index contributed by atoms with van der Waals surface area (Å²) in [5, 5.41) is 19.1. The summed E-state index contributed by atoms with van der Waals surface area (Å²) in [5.74, 6) is -0.558. The van der Waals surface area contributed by atoms with Crippen LogP contribution in [-0.2, 0) is 4.79 Å². The maximum Gasteiger partial charge on any atom is 0.212 e. The van der Waals surface area contributed by atoms with Crippen LogP contribution >= 0.6 is 11.8 Å². The summed E-state index contributed by atoms with van der Waals surface area (Å²) in [7, 11) is 0. The molecule has 0 aliphatic carbocycles. The normalized spacial score (nSPS) is 14.5. The Morgan fingerprint density at radius 2 is 2.25 bits per heavy atom. The summed E-state index contributed by atoms with van der Waals surface area (Å²) in [6, 6.07) is 2.44. The summed E-state index contributed by atoms with van der Waals surface area (Å²) in [6.45, 7) is 1.38. The summed E-state index contributed by atoms with van der Waals surface area (Å²) in [4.78, 5) is 14.0. The van der Waals surface area contributed by atoms with E-state index in [4.69, 9.17) is 0 Å². The van der Waals surface area contributed by atoms with Crippen LogP contribution in [0.4, 0.5) is 4.39 Å². The quantitative estimate of drug-likeness (QED) is 0.771. The number of aliphatic hydroxyl groups excluding tert-OH is 2. The molecule has 0 saturated heterocycles. The number of rotatable bonds is 4. The van der Waals surface area contributed by atoms with E-state index in [1.54, 1.807) is 0 Å². The number of carbonyl (C=O) groups excluding carboxylic acids is 1. The van der Waals surface area contributed by atoms with Crippen LogP contribution in [-0.4, -0.2) is 32.2 Å². The summed E-state index contributed by atoms with van der Waals surface area (Å²) in [6.07, 6.45) is -1.09. The largest absolute Gasteiger partial charge is 0.389 e. The van der Waals surface area contributed by atoms with Gasteiger partial charge in [-0.25, -0.2) is 4.98 Å². The van der Waals surface area contributed by atoms with Gasteiger partial charge in [0.1, 0.15) is 6.10 Å². The molecule has 4 nitrogen and oxygen atoms in total. The van der Waals surface area contributed by atoms with Gasteiger partial charge in [0, 0.05) is 24.4 Å². The Bertz CT molecular complexity index is 358. The molecule has 1 aromatic rings. The summed E-state index contributed by atoms with van der Waals surface area (Å²) in [5.41, 5.74) is 0.318. The number of thioether (sulfide) groups is 1. The lowest BCUT2D eigenvalue weighted by Gasteiger charge is -2.16. The average Bonchev–Trinajstić information content (AvgIpc) is 2.26. The van der Waals surface area contributed by atoms with Crippen molar-refractivity contribution >= 4 is 16.9 Å². The molecule has 2 atom stereocenters. The topological polar surface area (TPSA) is 70.4 Å². The Kier molecular flexibility index (Phi) is 4.85. The standard InChI is InChI=1S/C10H12FNO3S/c1-6(13)16-5-8(14)10(15)7-2-3-9(11)12-4-7/h2-4,8,10,14-15H,5H2,1H3. The predicted molar refractivity (Wildman–Crippen MR) is 58.3 cm³/mol. The third-order valence-electron chi connectivity index (χ3n) is 1.91. The number of aliphatic hydroxyl groups is 2. The third kappa shape index (κ3) is 3.88. The Morgan fingerprint density at radius 3 is 2.75 bits per heavy atom. The van der Waals surface area contributed by atoms with E-state index in [0.717, 1.165) is 24.0 Å². The fraction of sp³-hybridized carbons (Fsp3) is 0.400. The first-order chi connectivity index (χ1) is 7.50. The Hall–Kier alpha value is -0.980. The lowest BCUT2D eigenvalue weighted by Crippen LogP contribution is -2.21. The molecule has 1 rings (SSSR count). The van der Waals surface area contributed by atoms with Gasteiger partial charge in [-0.2, -0.15) is 4.39 Å². The molecule has 0 fully saturated rings. The van der Waals surface area contributed by atoms with Crippen molar-refractivity contribution in [3.8, 4) is 0 Å². The van der Waals surface area contributed by atoms with Crippen LogP contribution < -0.4 is 0 Å². The molecule has 0 radical (unpaired) electrons. The zero-order chi connectivity index (χ0) is 12.1. The average molecular weight is 245 g/mol. The summed E-state index contributed by atoms with van der Waals surface area (Å²) >= 11 is 0.922. The number of halogens is 1. The van der Waals surface area contributed by atoms with Gasteiger partial charge < -0.3 is 10.2 Å². The van der Waals surface area contributed by atoms with Crippen LogP contribution in [0, 0.1) is 5.95 Å². The highest BCUT2D eigenvalue weighted by Gasteiger charge is 2.19. The van der Waals surface area contributed by atoms with Crippen LogP contribution in [0.25, 0.3) is 0 Å². The van der Waals surface area contributed by atoms with Crippen molar-refractivity contribution < 1.29 is 19.4 Å². The molecule has 0 bridgehead atoms. The number of aromatic nitrogens is 1. The van der Waals surface area contributed by atoms with E-state index in [2.05, 4.69) is 4.98 Å². The maximum atomic E-state index is 12.5. The summed E-state index contributed by atoms with van der Waals surface area (Å²) < 4.78 is 12.5. The van der Waals surface area contributed by atoms with E-state index in [0.29, 0.717) is 5.56 Å². The van der Waals surface area contributed by atoms with E-state index in [-0.39, 0.29) is 10.9 Å². The number of hydrogen-bond acceptors (Lipinski definition) is 5. The van der Waals surface area contributed by atoms with E-state index in [1.807, 2.05) is 0 Å². The van der Waals surface area contributed by atoms with Crippen molar-refractivity contribution in [3.05, 3.63) is 29.8 Å². The molecule has 0 saturated carbocycles. The lowest BCUT2D eigenvalue weighted by molar-refractivity contribution is -0.109. The molecule has 88 valence electrons. The van der Waals surface area contributed by atoms with E-state index in [1.165, 1.54) is 13.0 Å². The van der Waals surface area contributed by atoms with Gasteiger partial charge in [-0.1, -0.05) is 17.8 Å². The third-order valence-corrected chi connectivity index (χ3v) is 2.83. The van der Waals surface area contributed by atoms with Crippen LogP contribution in [0.1, 0.15) is 18.6 Å². The smallest absolute Gasteiger partial charge is 0.212 e. The number of carbonyl (C=O) groups is 1. The first-order valence-electron chi connectivity index (χ1n) is 4.61. The molecule has 6 heteroatoms. The molecule has 16 heavy (non-hydrogen) atoms. The van der Waals surface area contributed by atoms with E-state index < -0.39 is 18.2 Å². The Labute approximate surface area is 96.5 Å². The van der Waals surface area contributed by atoms with Gasteiger partial charge in [0.05, 0.1) is 6.10 Å². The minimum Gasteiger partial charge on any atom is -0.389 e. The number of pyridine rings is 1. The molecule has 0 spiro atoms. The molecule has 0 aromatic carbocycles. The van der Waals surface area contributed by atoms with Crippen LogP contribution in [0.5, 0.6) is 0 Å². The van der Waals surface area contributed by atoms with Crippen molar-refractivity contribution in [2.45, 2.75) is 19.1 Å². The maximum absolute atomic E-state index is 12.5. The first-order valence-corrected chi connectivity index (χ1v) is 5.60. The fourth-order valence-corrected chi connectivity index (χ4v) is 1.67. The molecule has 0 aliphatic rings. The molecule has 2 unspecified atom stereocenters. The van der Waals surface area contributed by atoms with Crippen LogP contribution in [0.2, 0.25) is 0 Å². The molecule has 1 aromatic heterocycles. The minimum atomic E-state index is -1.17. The molecule has 2 N–H and O–H groups in total. The van der Waals surface area contributed by atoms with E-state index in [9.17, 15) is 19.4 Å². The second-order valence-corrected chi connectivity index (χ2v) is 4.43. The van der Waals surface area contributed by atoms with Crippen molar-refractivity contribution in [3.63, 3.8) is 0 Å². The van der Waals surface area contributed by atoms with Gasteiger partial charge >= 0.3 is 0 Å². The van der Waals surface area contributed by atoms with Gasteiger partial charge in [0.2, 0.25) is 5.95 Å². The zero-order valence-electron chi connectivity index (χ0n) is 8.63. The van der Waals surface area contributed by atoms with Gasteiger partial charge in [-0.05, 0) is 6.07 Å². The lowest BCUT2D eigenvalue weighted by atomic mass is 10.1. The van der Waals surface area contributed by atoms with E-state index >= 15 is 0 Å². The Morgan fingerprint density at radius 1 is 1.56 bits per heavy atom. The van der Waals surface area contributed by atoms with Gasteiger partial charge in [-0.3, -0.25) is 4.79 Å². The highest BCUT2D eigenvalue weighted by atomic mass is 32.2. The minimum absolute atomic E-state index is 0.0911. The fourth-order valence-electron chi connectivity index (χ4n) is 1.08. The number of nitrogens with zero attached hydrogens (tertiary/aromatic N) is 1. The van der Waals surface area contributed by atoms with Crippen molar-refractivity contribution in [2.24, 2.45) is 0 Å². The molecular formula is C10H12FNO3S. The van der Waals surface area contributed by atoms with Crippen molar-refractivity contribution in [1.82, 2.24) is 4.98 Å². The van der Waals surface area contributed by atoms with Gasteiger partial charge in [0.15, 0.2) is 5.12 Å². The van der Waals surface area contributed by atoms with Crippen LogP contribution in [0.3, 0.4) is 0 Å². The van der Waals surface area contributed by atoms with Gasteiger partial charge in [-0.15, -0.1) is 0 Å². The second-order valence-electron chi connectivity index (χ2n) is 3.23. The SMILES string of the molecule is CC(=O)SCC(O)C(O)c1ccc(F)nc1. The molecule has 0 amide bonds. The molecular weight excluding hydrogens is 233 g/mol. The van der Waals surface area contributed by atoms with Crippen molar-refractivity contribution in [1.29, 1.82) is 0 Å². The predicted octanol–water partition coefficient (Wildman–Crippen LogP) is 0.895. The second kappa shape index (κ2) is 5.93. The zero-order valence-corrected chi connectivity index (χ0v) is 9.45. The van der Waals surface area contributed by atoms with Gasteiger partial charge in [0.25, 0.3) is 0 Å². The first kappa shape index (κ1) is 13.1. The molecule has 0 aliphatic heterocycles. The van der Waals surface area contributed by atoms with Crippen molar-refractivity contribution in [2.75, 3.05) is 5.75 Å². The van der Waals surface area contributed by atoms with Crippen LogP contribution in [0.15, 0.2) is 18.3 Å². The monoisotopic (exact) mass is 245 g/mol. The molecule has 1 heterocycles.